The van der Waals surface area contributed by atoms with Gasteiger partial charge in [-0.3, -0.25) is 4.79 Å². The minimum atomic E-state index is -2.09. The van der Waals surface area contributed by atoms with Crippen LogP contribution in [0.3, 0.4) is 0 Å². The van der Waals surface area contributed by atoms with Crippen molar-refractivity contribution in [3.63, 3.8) is 0 Å². The second-order valence-corrected chi connectivity index (χ2v) is 14.0. The highest BCUT2D eigenvalue weighted by Crippen LogP contribution is 2.45. The maximum Gasteiger partial charge on any atom is 0.371 e. The van der Waals surface area contributed by atoms with Crippen LogP contribution in [-0.2, 0) is 23.7 Å². The number of phenolic OH excluding ortho intramolecular Hbond substituents is 2. The maximum atomic E-state index is 12.7. The van der Waals surface area contributed by atoms with Gasteiger partial charge in [-0.15, -0.1) is 0 Å². The van der Waals surface area contributed by atoms with Crippen molar-refractivity contribution < 1.29 is 103 Å². The topological polar surface area (TPSA) is 359 Å². The van der Waals surface area contributed by atoms with Crippen molar-refractivity contribution in [2.75, 3.05) is 13.2 Å². The molecule has 5 heterocycles. The summed E-state index contributed by atoms with van der Waals surface area (Å²) in [5.74, 6) is -4.27. The first-order chi connectivity index (χ1) is 27.5. The van der Waals surface area contributed by atoms with Crippen molar-refractivity contribution in [1.29, 1.82) is 0 Å². The van der Waals surface area contributed by atoms with Crippen molar-refractivity contribution in [2.24, 2.45) is 0 Å². The lowest BCUT2D eigenvalue weighted by Gasteiger charge is -2.46. The third kappa shape index (κ3) is 7.60. The summed E-state index contributed by atoms with van der Waals surface area (Å²) >= 11 is 0. The number of aliphatic hydroxyl groups excluding tert-OH is 9. The molecule has 22 nitrogen and oxygen atoms in total. The van der Waals surface area contributed by atoms with Crippen molar-refractivity contribution in [1.82, 2.24) is 0 Å². The van der Waals surface area contributed by atoms with Crippen LogP contribution < -0.4 is 10.2 Å². The molecule has 0 unspecified atom stereocenters. The number of rotatable bonds is 10. The normalized spacial score (nSPS) is 35.7. The van der Waals surface area contributed by atoms with E-state index >= 15 is 0 Å². The number of carboxylic acid groups (broad SMARTS) is 1. The zero-order chi connectivity index (χ0) is 41.9. The first-order valence-electron chi connectivity index (χ1n) is 17.7. The minimum Gasteiger partial charge on any atom is -0.504 e. The third-order valence-electron chi connectivity index (χ3n) is 10.2. The van der Waals surface area contributed by atoms with Crippen LogP contribution in [-0.4, -0.2) is 173 Å². The molecule has 2 aromatic heterocycles. The molecule has 0 bridgehead atoms. The molecule has 22 heteroatoms. The number of carboxylic acids is 1. The highest BCUT2D eigenvalue weighted by molar-refractivity contribution is 6.11. The Hall–Kier alpha value is -4.50. The monoisotopic (exact) mass is 824 g/mol. The standard InChI is InChI=1S/C36H40O22/c1-10-22(41)25(44)28(47)34(52-10)51-9-20-24(43)27(46)32(58-35-29(48)26(45)23(42)19(8-37)55-35)36(56-20)57-31-13-7-18(33(49)50)53-16-5-12(38)6-17(21(13)16)54-30(31)11-2-3-14(39)15(40)4-11/h2-7,10,19-20,22-29,32,34-37,39-48H,8-9H2,1H3,(H,49,50)/t10-,19+,20+,22-,23+,24+,25+,26-,27-,28+,29+,32+,34+,35-,36-/m0/s1. The molecule has 3 saturated heterocycles. The number of ether oxygens (including phenoxy) is 6. The second-order valence-electron chi connectivity index (χ2n) is 14.0. The van der Waals surface area contributed by atoms with E-state index in [1.165, 1.54) is 13.0 Å². The molecule has 2 aromatic carbocycles. The lowest BCUT2D eigenvalue weighted by Crippen LogP contribution is -2.65. The van der Waals surface area contributed by atoms with Crippen LogP contribution in [0.25, 0.3) is 33.3 Å². The van der Waals surface area contributed by atoms with Gasteiger partial charge >= 0.3 is 5.97 Å². The van der Waals surface area contributed by atoms with Crippen molar-refractivity contribution in [3.05, 3.63) is 52.4 Å². The van der Waals surface area contributed by atoms with Gasteiger partial charge in [-0.05, 0) is 25.1 Å². The predicted octanol–water partition coefficient (Wildman–Crippen LogP) is -2.83. The molecule has 0 radical (unpaired) electrons. The van der Waals surface area contributed by atoms with Gasteiger partial charge in [0.25, 0.3) is 0 Å². The average molecular weight is 825 g/mol. The molecular weight excluding hydrogens is 784 g/mol. The molecule has 12 N–H and O–H groups in total. The molecule has 3 aliphatic rings. The first-order valence-corrected chi connectivity index (χ1v) is 17.7. The molecule has 58 heavy (non-hydrogen) atoms. The molecule has 0 spiro atoms. The summed E-state index contributed by atoms with van der Waals surface area (Å²) in [5, 5.41) is 125. The Balaban J connectivity index is 1.34. The van der Waals surface area contributed by atoms with E-state index in [0.29, 0.717) is 0 Å². The SMILES string of the molecule is C[C@@H]1O[C@@H](OC[C@H]2O[C@@H](Oc3c(-c4ccc(O)c(O)c4)oc4cc(=O)cc5oc(C(=O)O)cc3c54)[C@H](O[C@@H]3O[C@H](CO)[C@@H](O)[C@H](O)[C@H]3O)[C@@H](O)[C@@H]2O)[C@H](O)[C@H](O)[C@H]1O. The molecule has 4 aromatic rings. The van der Waals surface area contributed by atoms with Crippen molar-refractivity contribution >= 4 is 27.9 Å². The number of aliphatic hydroxyl groups is 9. The molecule has 316 valence electrons. The van der Waals surface area contributed by atoms with E-state index in [0.717, 1.165) is 30.3 Å². The fourth-order valence-electron chi connectivity index (χ4n) is 6.95. The third-order valence-corrected chi connectivity index (χ3v) is 10.2. The summed E-state index contributed by atoms with van der Waals surface area (Å²) in [6.07, 6.45) is -26.5. The van der Waals surface area contributed by atoms with Crippen LogP contribution in [0, 0.1) is 0 Å². The van der Waals surface area contributed by atoms with E-state index in [1.54, 1.807) is 0 Å². The van der Waals surface area contributed by atoms with E-state index in [1.807, 2.05) is 0 Å². The Labute approximate surface area is 324 Å². The van der Waals surface area contributed by atoms with Crippen LogP contribution in [0.5, 0.6) is 17.2 Å². The minimum absolute atomic E-state index is 0.00710. The van der Waals surface area contributed by atoms with E-state index in [4.69, 9.17) is 37.3 Å². The molecule has 15 atom stereocenters. The van der Waals surface area contributed by atoms with Crippen molar-refractivity contribution in [2.45, 2.75) is 99.0 Å². The predicted molar refractivity (Wildman–Crippen MR) is 186 cm³/mol. The van der Waals surface area contributed by atoms with Crippen LogP contribution >= 0.6 is 0 Å². The highest BCUT2D eigenvalue weighted by atomic mass is 16.8. The molecule has 0 aliphatic carbocycles. The number of carbonyl (C=O) groups is 1. The number of phenols is 2. The summed E-state index contributed by atoms with van der Waals surface area (Å²) in [7, 11) is 0. The Bertz CT molecular complexity index is 2180. The van der Waals surface area contributed by atoms with Crippen LogP contribution in [0.1, 0.15) is 17.5 Å². The number of aromatic carboxylic acids is 1. The van der Waals surface area contributed by atoms with Gasteiger partial charge in [0.05, 0.1) is 24.7 Å². The highest BCUT2D eigenvalue weighted by Gasteiger charge is 2.52. The number of benzene rings is 2. The van der Waals surface area contributed by atoms with Crippen LogP contribution in [0.2, 0.25) is 0 Å². The van der Waals surface area contributed by atoms with Crippen LogP contribution in [0.15, 0.2) is 50.0 Å². The first kappa shape index (κ1) is 41.7. The molecule has 3 fully saturated rings. The second kappa shape index (κ2) is 16.3. The van der Waals surface area contributed by atoms with Gasteiger partial charge < -0.3 is 98.5 Å². The van der Waals surface area contributed by atoms with Gasteiger partial charge in [0.15, 0.2) is 47.1 Å². The van der Waals surface area contributed by atoms with E-state index in [-0.39, 0.29) is 33.3 Å². The Morgan fingerprint density at radius 3 is 2.02 bits per heavy atom. The summed E-state index contributed by atoms with van der Waals surface area (Å²) in [6, 6.07) is 6.38. The molecule has 0 saturated carbocycles. The lowest BCUT2D eigenvalue weighted by atomic mass is 9.97. The number of hydrogen-bond acceptors (Lipinski definition) is 21. The summed E-state index contributed by atoms with van der Waals surface area (Å²) in [4.78, 5) is 24.9. The van der Waals surface area contributed by atoms with Gasteiger partial charge in [-0.25, -0.2) is 4.79 Å². The van der Waals surface area contributed by atoms with Gasteiger partial charge in [0.2, 0.25) is 12.1 Å². The van der Waals surface area contributed by atoms with Crippen LogP contribution in [0.4, 0.5) is 0 Å². The fourth-order valence-corrected chi connectivity index (χ4v) is 6.95. The van der Waals surface area contributed by atoms with Gasteiger partial charge in [0, 0.05) is 29.1 Å². The zero-order valence-electron chi connectivity index (χ0n) is 30.0. The Morgan fingerprint density at radius 2 is 1.34 bits per heavy atom. The van der Waals surface area contributed by atoms with Gasteiger partial charge in [-0.1, -0.05) is 0 Å². The molecule has 3 aliphatic heterocycles. The summed E-state index contributed by atoms with van der Waals surface area (Å²) < 4.78 is 46.4. The van der Waals surface area contributed by atoms with E-state index in [2.05, 4.69) is 0 Å². The maximum absolute atomic E-state index is 12.7. The Morgan fingerprint density at radius 1 is 0.707 bits per heavy atom. The summed E-state index contributed by atoms with van der Waals surface area (Å²) in [6.45, 7) is -0.195. The molecular formula is C36H40O22. The largest absolute Gasteiger partial charge is 0.504 e. The molecule has 0 amide bonds. The lowest BCUT2D eigenvalue weighted by molar-refractivity contribution is -0.362. The quantitative estimate of drug-likeness (QED) is 0.0717. The van der Waals surface area contributed by atoms with E-state index < -0.39 is 140 Å². The average Bonchev–Trinajstić information content (AvgIpc) is 3.19. The van der Waals surface area contributed by atoms with E-state index in [9.17, 15) is 70.9 Å². The number of hydrogen-bond donors (Lipinski definition) is 12. The van der Waals surface area contributed by atoms with Crippen molar-refractivity contribution in [3.8, 4) is 28.6 Å². The van der Waals surface area contributed by atoms with Gasteiger partial charge in [0.1, 0.15) is 72.2 Å². The summed E-state index contributed by atoms with van der Waals surface area (Å²) in [5.41, 5.74) is -1.15. The van der Waals surface area contributed by atoms with Gasteiger partial charge in [-0.2, -0.15) is 0 Å². The molecule has 7 rings (SSSR count). The Kier molecular flexibility index (Phi) is 11.7. The smallest absolute Gasteiger partial charge is 0.371 e. The zero-order valence-corrected chi connectivity index (χ0v) is 30.0. The fraction of sp³-hybridized carbons (Fsp3) is 0.500. The number of aromatic hydroxyl groups is 2.